The molecule has 0 aliphatic heterocycles. The highest BCUT2D eigenvalue weighted by Crippen LogP contribution is 2.18. The molecule has 2 aromatic heterocycles. The molecule has 0 amide bonds. The SMILES string of the molecule is C#CCNCc1nc(-c2ccc3ccccc3n2)no1. The molecule has 0 saturated heterocycles. The summed E-state index contributed by atoms with van der Waals surface area (Å²) < 4.78 is 5.15. The molecule has 0 spiro atoms. The lowest BCUT2D eigenvalue weighted by molar-refractivity contribution is 0.370. The predicted molar refractivity (Wildman–Crippen MR) is 75.6 cm³/mol. The molecular weight excluding hydrogens is 252 g/mol. The van der Waals surface area contributed by atoms with E-state index >= 15 is 0 Å². The van der Waals surface area contributed by atoms with Crippen LogP contribution < -0.4 is 5.32 Å². The van der Waals surface area contributed by atoms with Gasteiger partial charge in [-0.25, -0.2) is 4.98 Å². The molecule has 0 bridgehead atoms. The van der Waals surface area contributed by atoms with Gasteiger partial charge in [-0.05, 0) is 12.1 Å². The monoisotopic (exact) mass is 264 g/mol. The average molecular weight is 264 g/mol. The molecule has 0 radical (unpaired) electrons. The van der Waals surface area contributed by atoms with Crippen molar-refractivity contribution in [2.75, 3.05) is 6.54 Å². The van der Waals surface area contributed by atoms with E-state index in [1.807, 2.05) is 36.4 Å². The second-order valence-electron chi connectivity index (χ2n) is 4.21. The van der Waals surface area contributed by atoms with E-state index in [1.54, 1.807) is 0 Å². The maximum absolute atomic E-state index is 5.15. The summed E-state index contributed by atoms with van der Waals surface area (Å²) in [5.41, 5.74) is 1.59. The number of rotatable bonds is 4. The Labute approximate surface area is 116 Å². The summed E-state index contributed by atoms with van der Waals surface area (Å²) in [6, 6.07) is 11.8. The van der Waals surface area contributed by atoms with Crippen molar-refractivity contribution < 1.29 is 4.52 Å². The molecule has 5 heteroatoms. The molecule has 0 saturated carbocycles. The average Bonchev–Trinajstić information content (AvgIpc) is 2.96. The summed E-state index contributed by atoms with van der Waals surface area (Å²) in [6.45, 7) is 0.913. The van der Waals surface area contributed by atoms with Crippen molar-refractivity contribution >= 4 is 10.9 Å². The summed E-state index contributed by atoms with van der Waals surface area (Å²) in [4.78, 5) is 8.81. The maximum Gasteiger partial charge on any atom is 0.240 e. The number of para-hydroxylation sites is 1. The van der Waals surface area contributed by atoms with Crippen LogP contribution in [0.1, 0.15) is 5.89 Å². The topological polar surface area (TPSA) is 63.8 Å². The molecule has 0 unspecified atom stereocenters. The molecule has 0 aliphatic rings. The van der Waals surface area contributed by atoms with Crippen LogP contribution in [0.15, 0.2) is 40.9 Å². The van der Waals surface area contributed by atoms with Gasteiger partial charge in [-0.3, -0.25) is 5.32 Å². The molecule has 0 fully saturated rings. The first kappa shape index (κ1) is 12.3. The Morgan fingerprint density at radius 1 is 1.15 bits per heavy atom. The van der Waals surface area contributed by atoms with Crippen molar-refractivity contribution in [2.24, 2.45) is 0 Å². The Kier molecular flexibility index (Phi) is 3.40. The van der Waals surface area contributed by atoms with Crippen LogP contribution in [-0.2, 0) is 6.54 Å². The Bertz CT molecular complexity index is 773. The summed E-state index contributed by atoms with van der Waals surface area (Å²) >= 11 is 0. The number of aromatic nitrogens is 3. The standard InChI is InChI=1S/C15H12N4O/c1-2-9-16-10-14-18-15(19-20-14)13-8-7-11-5-3-4-6-12(11)17-13/h1,3-8,16H,9-10H2. The molecule has 2 heterocycles. The Morgan fingerprint density at radius 2 is 2.05 bits per heavy atom. The van der Waals surface area contributed by atoms with Gasteiger partial charge in [0, 0.05) is 5.39 Å². The number of fused-ring (bicyclic) bond motifs is 1. The molecule has 1 N–H and O–H groups in total. The van der Waals surface area contributed by atoms with Crippen molar-refractivity contribution in [3.05, 3.63) is 42.3 Å². The van der Waals surface area contributed by atoms with Gasteiger partial charge in [0.15, 0.2) is 0 Å². The van der Waals surface area contributed by atoms with Gasteiger partial charge in [-0.1, -0.05) is 35.3 Å². The zero-order valence-electron chi connectivity index (χ0n) is 10.7. The molecule has 5 nitrogen and oxygen atoms in total. The van der Waals surface area contributed by atoms with Gasteiger partial charge in [0.1, 0.15) is 5.69 Å². The van der Waals surface area contributed by atoms with Gasteiger partial charge in [0.2, 0.25) is 11.7 Å². The van der Waals surface area contributed by atoms with Crippen LogP contribution in [0.3, 0.4) is 0 Å². The highest BCUT2D eigenvalue weighted by Gasteiger charge is 2.09. The first-order valence-electron chi connectivity index (χ1n) is 6.20. The van der Waals surface area contributed by atoms with Crippen LogP contribution in [0.5, 0.6) is 0 Å². The van der Waals surface area contributed by atoms with Crippen molar-refractivity contribution in [2.45, 2.75) is 6.54 Å². The first-order chi connectivity index (χ1) is 9.86. The second-order valence-corrected chi connectivity index (χ2v) is 4.21. The molecule has 20 heavy (non-hydrogen) atoms. The summed E-state index contributed by atoms with van der Waals surface area (Å²) in [6.07, 6.45) is 5.15. The minimum atomic E-state index is 0.449. The third-order valence-electron chi connectivity index (χ3n) is 2.80. The van der Waals surface area contributed by atoms with Crippen LogP contribution in [-0.4, -0.2) is 21.7 Å². The molecule has 0 atom stereocenters. The van der Waals surface area contributed by atoms with E-state index in [1.165, 1.54) is 0 Å². The largest absolute Gasteiger partial charge is 0.337 e. The number of nitrogens with zero attached hydrogens (tertiary/aromatic N) is 3. The van der Waals surface area contributed by atoms with Gasteiger partial charge in [-0.2, -0.15) is 4.98 Å². The lowest BCUT2D eigenvalue weighted by Gasteiger charge is -1.98. The lowest BCUT2D eigenvalue weighted by Crippen LogP contribution is -2.13. The number of hydrogen-bond acceptors (Lipinski definition) is 5. The van der Waals surface area contributed by atoms with E-state index in [-0.39, 0.29) is 0 Å². The molecule has 98 valence electrons. The van der Waals surface area contributed by atoms with Gasteiger partial charge in [0.25, 0.3) is 0 Å². The minimum absolute atomic E-state index is 0.449. The summed E-state index contributed by atoms with van der Waals surface area (Å²) in [5, 5.41) is 8.00. The number of nitrogens with one attached hydrogen (secondary N) is 1. The lowest BCUT2D eigenvalue weighted by atomic mass is 10.2. The molecule has 3 aromatic rings. The van der Waals surface area contributed by atoms with Crippen molar-refractivity contribution in [1.29, 1.82) is 0 Å². The van der Waals surface area contributed by atoms with E-state index in [4.69, 9.17) is 10.9 Å². The zero-order valence-corrected chi connectivity index (χ0v) is 10.7. The number of terminal acetylenes is 1. The van der Waals surface area contributed by atoms with Crippen molar-refractivity contribution in [1.82, 2.24) is 20.4 Å². The smallest absolute Gasteiger partial charge is 0.240 e. The Hall–Kier alpha value is -2.71. The summed E-state index contributed by atoms with van der Waals surface area (Å²) in [5.74, 6) is 3.45. The van der Waals surface area contributed by atoms with Crippen molar-refractivity contribution in [3.8, 4) is 23.9 Å². The predicted octanol–water partition coefficient (Wildman–Crippen LogP) is 2.01. The Morgan fingerprint density at radius 3 is 2.95 bits per heavy atom. The zero-order chi connectivity index (χ0) is 13.8. The fourth-order valence-corrected chi connectivity index (χ4v) is 1.86. The van der Waals surface area contributed by atoms with Gasteiger partial charge < -0.3 is 4.52 Å². The number of hydrogen-bond donors (Lipinski definition) is 1. The van der Waals surface area contributed by atoms with Crippen LogP contribution in [0.2, 0.25) is 0 Å². The van der Waals surface area contributed by atoms with Crippen LogP contribution in [0.4, 0.5) is 0 Å². The minimum Gasteiger partial charge on any atom is -0.337 e. The number of pyridine rings is 1. The Balaban J connectivity index is 1.85. The van der Waals surface area contributed by atoms with E-state index < -0.39 is 0 Å². The van der Waals surface area contributed by atoms with E-state index in [0.717, 1.165) is 10.9 Å². The van der Waals surface area contributed by atoms with Gasteiger partial charge in [-0.15, -0.1) is 6.42 Å². The van der Waals surface area contributed by atoms with E-state index in [2.05, 4.69) is 26.4 Å². The maximum atomic E-state index is 5.15. The van der Waals surface area contributed by atoms with Crippen LogP contribution >= 0.6 is 0 Å². The third kappa shape index (κ3) is 2.51. The van der Waals surface area contributed by atoms with Crippen molar-refractivity contribution in [3.63, 3.8) is 0 Å². The van der Waals surface area contributed by atoms with Gasteiger partial charge in [0.05, 0.1) is 18.6 Å². The fourth-order valence-electron chi connectivity index (χ4n) is 1.86. The first-order valence-corrected chi connectivity index (χ1v) is 6.20. The van der Waals surface area contributed by atoms with E-state index in [9.17, 15) is 0 Å². The third-order valence-corrected chi connectivity index (χ3v) is 2.80. The molecule has 0 aliphatic carbocycles. The normalized spacial score (nSPS) is 10.6. The molecular formula is C15H12N4O. The quantitative estimate of drug-likeness (QED) is 0.577. The van der Waals surface area contributed by atoms with E-state index in [0.29, 0.717) is 30.5 Å². The number of benzene rings is 1. The fraction of sp³-hybridized carbons (Fsp3) is 0.133. The molecule has 3 rings (SSSR count). The molecule has 1 aromatic carbocycles. The van der Waals surface area contributed by atoms with Gasteiger partial charge >= 0.3 is 0 Å². The second kappa shape index (κ2) is 5.51. The highest BCUT2D eigenvalue weighted by molar-refractivity contribution is 5.80. The van der Waals surface area contributed by atoms with Crippen LogP contribution in [0.25, 0.3) is 22.4 Å². The summed E-state index contributed by atoms with van der Waals surface area (Å²) in [7, 11) is 0. The highest BCUT2D eigenvalue weighted by atomic mass is 16.5. The van der Waals surface area contributed by atoms with Crippen LogP contribution in [0, 0.1) is 12.3 Å².